The highest BCUT2D eigenvalue weighted by Gasteiger charge is 2.25. The largest absolute Gasteiger partial charge is 0.494 e. The van der Waals surface area contributed by atoms with E-state index in [0.717, 1.165) is 11.3 Å². The molecular formula is C21H23N5O3. The second-order valence-corrected chi connectivity index (χ2v) is 6.90. The van der Waals surface area contributed by atoms with Crippen LogP contribution in [0.1, 0.15) is 17.3 Å². The topological polar surface area (TPSA) is 80.6 Å². The molecule has 1 fully saturated rings. The molecule has 0 saturated carbocycles. The lowest BCUT2D eigenvalue weighted by atomic mass is 10.1. The number of aryl methyl sites for hydroxylation is 1. The molecule has 0 N–H and O–H groups in total. The highest BCUT2D eigenvalue weighted by Crippen LogP contribution is 2.17. The van der Waals surface area contributed by atoms with Gasteiger partial charge in [0.15, 0.2) is 5.82 Å². The number of hydrogen-bond acceptors (Lipinski definition) is 6. The number of aromatic nitrogens is 3. The molecule has 0 radical (unpaired) electrons. The van der Waals surface area contributed by atoms with Gasteiger partial charge >= 0.3 is 0 Å². The maximum Gasteiger partial charge on any atom is 0.293 e. The van der Waals surface area contributed by atoms with Crippen LogP contribution in [0.2, 0.25) is 0 Å². The van der Waals surface area contributed by atoms with Gasteiger partial charge < -0.3 is 19.1 Å². The lowest BCUT2D eigenvalue weighted by molar-refractivity contribution is 0.0746. The molecule has 8 nitrogen and oxygen atoms in total. The number of carbonyl (C=O) groups excluding carboxylic acids is 1. The molecule has 0 aliphatic carbocycles. The van der Waals surface area contributed by atoms with E-state index in [-0.39, 0.29) is 11.5 Å². The summed E-state index contributed by atoms with van der Waals surface area (Å²) in [5.74, 6) is 1.15. The number of nitrogens with zero attached hydrogens (tertiary/aromatic N) is 5. The van der Waals surface area contributed by atoms with Gasteiger partial charge in [-0.05, 0) is 37.3 Å². The molecule has 1 amide bonds. The molecule has 4 rings (SSSR count). The minimum Gasteiger partial charge on any atom is -0.494 e. The molecule has 0 spiro atoms. The van der Waals surface area contributed by atoms with Crippen molar-refractivity contribution in [3.8, 4) is 5.75 Å². The SMILES string of the molecule is CCOc1ccc(C(=O)N2CCN(c3nc4ccncc4n(C)c3=O)CC2)cc1. The first-order valence-corrected chi connectivity index (χ1v) is 9.66. The Hall–Kier alpha value is -3.42. The monoisotopic (exact) mass is 393 g/mol. The molecule has 1 aromatic carbocycles. The van der Waals surface area contributed by atoms with Gasteiger partial charge in [0.05, 0.1) is 23.8 Å². The molecule has 29 heavy (non-hydrogen) atoms. The van der Waals surface area contributed by atoms with Crippen LogP contribution in [0.4, 0.5) is 5.82 Å². The average Bonchev–Trinajstić information content (AvgIpc) is 2.77. The molecule has 1 aliphatic rings. The van der Waals surface area contributed by atoms with E-state index in [2.05, 4.69) is 9.97 Å². The molecule has 8 heteroatoms. The Balaban J connectivity index is 1.48. The Kier molecular flexibility index (Phi) is 5.16. The lowest BCUT2D eigenvalue weighted by Crippen LogP contribution is -2.50. The van der Waals surface area contributed by atoms with Crippen molar-refractivity contribution in [1.29, 1.82) is 0 Å². The zero-order chi connectivity index (χ0) is 20.4. The minimum atomic E-state index is -0.156. The summed E-state index contributed by atoms with van der Waals surface area (Å²) in [4.78, 5) is 37.9. The van der Waals surface area contributed by atoms with Crippen LogP contribution in [0.3, 0.4) is 0 Å². The van der Waals surface area contributed by atoms with E-state index in [1.54, 1.807) is 42.2 Å². The fraction of sp³-hybridized carbons (Fsp3) is 0.333. The molecule has 0 bridgehead atoms. The third-order valence-corrected chi connectivity index (χ3v) is 5.14. The van der Waals surface area contributed by atoms with E-state index < -0.39 is 0 Å². The van der Waals surface area contributed by atoms with Crippen molar-refractivity contribution < 1.29 is 9.53 Å². The Morgan fingerprint density at radius 3 is 2.52 bits per heavy atom. The number of pyridine rings is 1. The Morgan fingerprint density at radius 2 is 1.83 bits per heavy atom. The van der Waals surface area contributed by atoms with Crippen LogP contribution < -0.4 is 15.2 Å². The Labute approximate surface area is 168 Å². The van der Waals surface area contributed by atoms with Crippen LogP contribution in [-0.4, -0.2) is 58.1 Å². The number of carbonyl (C=O) groups is 1. The first kappa shape index (κ1) is 18.9. The Bertz CT molecular complexity index is 1090. The normalized spacial score (nSPS) is 14.3. The van der Waals surface area contributed by atoms with Crippen molar-refractivity contribution in [2.24, 2.45) is 7.05 Å². The highest BCUT2D eigenvalue weighted by atomic mass is 16.5. The zero-order valence-corrected chi connectivity index (χ0v) is 16.5. The predicted molar refractivity (Wildman–Crippen MR) is 111 cm³/mol. The standard InChI is InChI=1S/C21H23N5O3/c1-3-29-16-6-4-15(5-7-16)20(27)26-12-10-25(11-13-26)19-21(28)24(2)18-14-22-9-8-17(18)23-19/h4-9,14H,3,10-13H2,1-2H3. The number of piperazine rings is 1. The lowest BCUT2D eigenvalue weighted by Gasteiger charge is -2.35. The van der Waals surface area contributed by atoms with Crippen molar-refractivity contribution in [2.45, 2.75) is 6.92 Å². The van der Waals surface area contributed by atoms with Gasteiger partial charge in [0, 0.05) is 45.0 Å². The van der Waals surface area contributed by atoms with E-state index >= 15 is 0 Å². The van der Waals surface area contributed by atoms with Crippen LogP contribution >= 0.6 is 0 Å². The van der Waals surface area contributed by atoms with E-state index in [0.29, 0.717) is 49.7 Å². The molecule has 1 aliphatic heterocycles. The van der Waals surface area contributed by atoms with Gasteiger partial charge in [-0.25, -0.2) is 4.98 Å². The number of fused-ring (bicyclic) bond motifs is 1. The first-order valence-electron chi connectivity index (χ1n) is 9.66. The molecule has 2 aromatic heterocycles. The first-order chi connectivity index (χ1) is 14.1. The van der Waals surface area contributed by atoms with Crippen molar-refractivity contribution in [1.82, 2.24) is 19.4 Å². The molecule has 0 unspecified atom stereocenters. The third-order valence-electron chi connectivity index (χ3n) is 5.14. The van der Waals surface area contributed by atoms with Crippen LogP contribution in [-0.2, 0) is 7.05 Å². The summed E-state index contributed by atoms with van der Waals surface area (Å²) in [6.45, 7) is 4.70. The number of hydrogen-bond donors (Lipinski definition) is 0. The van der Waals surface area contributed by atoms with E-state index in [4.69, 9.17) is 4.74 Å². The van der Waals surface area contributed by atoms with E-state index in [1.807, 2.05) is 28.9 Å². The summed E-state index contributed by atoms with van der Waals surface area (Å²) in [5.41, 5.74) is 1.90. The van der Waals surface area contributed by atoms with E-state index in [1.165, 1.54) is 0 Å². The highest BCUT2D eigenvalue weighted by molar-refractivity contribution is 5.94. The zero-order valence-electron chi connectivity index (χ0n) is 16.5. The summed E-state index contributed by atoms with van der Waals surface area (Å²) in [5, 5.41) is 0. The summed E-state index contributed by atoms with van der Waals surface area (Å²) >= 11 is 0. The molecule has 3 aromatic rings. The number of ether oxygens (including phenoxy) is 1. The number of amides is 1. The molecule has 3 heterocycles. The maximum absolute atomic E-state index is 12.8. The quantitative estimate of drug-likeness (QED) is 0.671. The Morgan fingerprint density at radius 1 is 1.10 bits per heavy atom. The van der Waals surface area contributed by atoms with Crippen molar-refractivity contribution in [3.05, 3.63) is 58.6 Å². The molecular weight excluding hydrogens is 370 g/mol. The molecule has 0 atom stereocenters. The van der Waals surface area contributed by atoms with Gasteiger partial charge in [-0.3, -0.25) is 14.6 Å². The number of rotatable bonds is 4. The van der Waals surface area contributed by atoms with Gasteiger partial charge in [-0.2, -0.15) is 0 Å². The van der Waals surface area contributed by atoms with Crippen molar-refractivity contribution >= 4 is 22.8 Å². The smallest absolute Gasteiger partial charge is 0.293 e. The summed E-state index contributed by atoms with van der Waals surface area (Å²) in [6, 6.07) is 8.99. The number of benzene rings is 1. The molecule has 150 valence electrons. The van der Waals surface area contributed by atoms with Crippen LogP contribution in [0, 0.1) is 0 Å². The van der Waals surface area contributed by atoms with Crippen molar-refractivity contribution in [2.75, 3.05) is 37.7 Å². The van der Waals surface area contributed by atoms with Gasteiger partial charge in [-0.1, -0.05) is 0 Å². The maximum atomic E-state index is 12.8. The molecule has 1 saturated heterocycles. The summed E-state index contributed by atoms with van der Waals surface area (Å²) < 4.78 is 7.00. The van der Waals surface area contributed by atoms with Crippen molar-refractivity contribution in [3.63, 3.8) is 0 Å². The second-order valence-electron chi connectivity index (χ2n) is 6.90. The van der Waals surface area contributed by atoms with Crippen LogP contribution in [0.5, 0.6) is 5.75 Å². The van der Waals surface area contributed by atoms with E-state index in [9.17, 15) is 9.59 Å². The van der Waals surface area contributed by atoms with Crippen LogP contribution in [0.25, 0.3) is 11.0 Å². The second kappa shape index (κ2) is 7.90. The third kappa shape index (κ3) is 3.65. The van der Waals surface area contributed by atoms with Gasteiger partial charge in [-0.15, -0.1) is 0 Å². The minimum absolute atomic E-state index is 0.0156. The van der Waals surface area contributed by atoms with Crippen LogP contribution in [0.15, 0.2) is 47.5 Å². The predicted octanol–water partition coefficient (Wildman–Crippen LogP) is 1.69. The fourth-order valence-electron chi connectivity index (χ4n) is 3.52. The average molecular weight is 393 g/mol. The van der Waals surface area contributed by atoms with Gasteiger partial charge in [0.1, 0.15) is 5.75 Å². The fourth-order valence-corrected chi connectivity index (χ4v) is 3.52. The van der Waals surface area contributed by atoms with Gasteiger partial charge in [0.2, 0.25) is 0 Å². The summed E-state index contributed by atoms with van der Waals surface area (Å²) in [7, 11) is 1.73. The number of anilines is 1. The van der Waals surface area contributed by atoms with Gasteiger partial charge in [0.25, 0.3) is 11.5 Å². The summed E-state index contributed by atoms with van der Waals surface area (Å²) in [6.07, 6.45) is 3.30.